The molecule has 0 bridgehead atoms. The third-order valence-electron chi connectivity index (χ3n) is 8.56. The lowest BCUT2D eigenvalue weighted by Crippen LogP contribution is -2.16. The van der Waals surface area contributed by atoms with Gasteiger partial charge in [-0.1, -0.05) is 123 Å². The molecule has 38 heavy (non-hydrogen) atoms. The summed E-state index contributed by atoms with van der Waals surface area (Å²) in [5, 5.41) is 5.15. The van der Waals surface area contributed by atoms with Crippen molar-refractivity contribution in [1.82, 2.24) is 4.57 Å². The summed E-state index contributed by atoms with van der Waals surface area (Å²) < 4.78 is 2.51. The van der Waals surface area contributed by atoms with Crippen molar-refractivity contribution in [3.05, 3.63) is 139 Å². The van der Waals surface area contributed by atoms with E-state index in [1.807, 2.05) is 0 Å². The molecule has 1 aliphatic rings. The Labute approximate surface area is 222 Å². The lowest BCUT2D eigenvalue weighted by molar-refractivity contribution is 0.664. The molecule has 0 aliphatic heterocycles. The molecule has 0 radical (unpaired) electrons. The molecule has 0 saturated heterocycles. The van der Waals surface area contributed by atoms with E-state index >= 15 is 0 Å². The summed E-state index contributed by atoms with van der Waals surface area (Å²) in [6.07, 6.45) is 0. The van der Waals surface area contributed by atoms with Crippen LogP contribution in [0.25, 0.3) is 60.5 Å². The minimum atomic E-state index is -0.0936. The maximum absolute atomic E-state index is 2.51. The predicted octanol–water partition coefficient (Wildman–Crippen LogP) is 9.91. The second-order valence-electron chi connectivity index (χ2n) is 11.0. The number of para-hydroxylation sites is 1. The van der Waals surface area contributed by atoms with Gasteiger partial charge in [0, 0.05) is 21.9 Å². The van der Waals surface area contributed by atoms with Gasteiger partial charge in [-0.3, -0.25) is 0 Å². The van der Waals surface area contributed by atoms with Crippen molar-refractivity contribution in [3.8, 4) is 27.9 Å². The molecule has 0 spiro atoms. The first-order valence-electron chi connectivity index (χ1n) is 13.4. The number of nitrogens with zero attached hydrogens (tertiary/aromatic N) is 1. The highest BCUT2D eigenvalue weighted by atomic mass is 15.0. The zero-order valence-corrected chi connectivity index (χ0v) is 21.6. The molecule has 7 aromatic rings. The van der Waals surface area contributed by atoms with E-state index < -0.39 is 0 Å². The molecule has 1 heterocycles. The largest absolute Gasteiger partial charge is 0.309 e. The Balaban J connectivity index is 1.50. The van der Waals surface area contributed by atoms with Crippen molar-refractivity contribution < 1.29 is 0 Å². The number of aromatic nitrogens is 1. The van der Waals surface area contributed by atoms with E-state index in [1.165, 1.54) is 71.6 Å². The highest BCUT2D eigenvalue weighted by Gasteiger charge is 2.38. The van der Waals surface area contributed by atoms with E-state index in [4.69, 9.17) is 0 Å². The van der Waals surface area contributed by atoms with Crippen molar-refractivity contribution in [2.75, 3.05) is 0 Å². The van der Waals surface area contributed by atoms with E-state index in [1.54, 1.807) is 0 Å². The fourth-order valence-electron chi connectivity index (χ4n) is 6.85. The van der Waals surface area contributed by atoms with Gasteiger partial charge in [-0.25, -0.2) is 0 Å². The number of benzene rings is 6. The van der Waals surface area contributed by atoms with Gasteiger partial charge in [0.2, 0.25) is 0 Å². The maximum atomic E-state index is 2.51. The van der Waals surface area contributed by atoms with Crippen LogP contribution in [0.3, 0.4) is 0 Å². The molecule has 8 rings (SSSR count). The molecule has 6 aromatic carbocycles. The fraction of sp³-hybridized carbons (Fsp3) is 0.0811. The van der Waals surface area contributed by atoms with Crippen LogP contribution in [0.4, 0.5) is 0 Å². The third-order valence-corrected chi connectivity index (χ3v) is 8.56. The van der Waals surface area contributed by atoms with E-state index in [-0.39, 0.29) is 5.41 Å². The minimum Gasteiger partial charge on any atom is -0.309 e. The van der Waals surface area contributed by atoms with Gasteiger partial charge in [-0.15, -0.1) is 0 Å². The van der Waals surface area contributed by atoms with Crippen LogP contribution in [0, 0.1) is 0 Å². The molecule has 0 saturated carbocycles. The number of hydrogen-bond donors (Lipinski definition) is 0. The average molecular weight is 486 g/mol. The van der Waals surface area contributed by atoms with Gasteiger partial charge in [-0.05, 0) is 62.4 Å². The van der Waals surface area contributed by atoms with Gasteiger partial charge < -0.3 is 4.57 Å². The zero-order chi connectivity index (χ0) is 25.4. The lowest BCUT2D eigenvalue weighted by Gasteiger charge is -2.23. The molecule has 1 aromatic heterocycles. The summed E-state index contributed by atoms with van der Waals surface area (Å²) in [6, 6.07) is 46.8. The Bertz CT molecular complexity index is 2040. The predicted molar refractivity (Wildman–Crippen MR) is 161 cm³/mol. The first kappa shape index (κ1) is 21.5. The Morgan fingerprint density at radius 3 is 2.18 bits per heavy atom. The lowest BCUT2D eigenvalue weighted by atomic mass is 9.81. The maximum Gasteiger partial charge on any atom is 0.0588 e. The van der Waals surface area contributed by atoms with Crippen molar-refractivity contribution in [1.29, 1.82) is 0 Å². The number of fused-ring (bicyclic) bond motifs is 8. The Hall–Kier alpha value is -4.62. The van der Waals surface area contributed by atoms with E-state index in [2.05, 4.69) is 146 Å². The molecule has 0 atom stereocenters. The smallest absolute Gasteiger partial charge is 0.0588 e. The summed E-state index contributed by atoms with van der Waals surface area (Å²) in [4.78, 5) is 0. The SMILES string of the molecule is CC1(C)c2ccccc2-c2ccc3c4ccccc4n(-c4ccc5cccc(-c6ccccc6)c5c4)c3c21. The summed E-state index contributed by atoms with van der Waals surface area (Å²) in [5.74, 6) is 0. The van der Waals surface area contributed by atoms with Gasteiger partial charge in [-0.2, -0.15) is 0 Å². The average Bonchev–Trinajstić information content (AvgIpc) is 3.42. The molecule has 0 N–H and O–H groups in total. The van der Waals surface area contributed by atoms with Crippen LogP contribution in [0.5, 0.6) is 0 Å². The van der Waals surface area contributed by atoms with Crippen LogP contribution >= 0.6 is 0 Å². The second-order valence-corrected chi connectivity index (χ2v) is 11.0. The van der Waals surface area contributed by atoms with Crippen LogP contribution in [-0.4, -0.2) is 4.57 Å². The van der Waals surface area contributed by atoms with Crippen molar-refractivity contribution in [2.45, 2.75) is 19.3 Å². The van der Waals surface area contributed by atoms with Crippen LogP contribution in [0.1, 0.15) is 25.0 Å². The molecule has 0 amide bonds. The number of hydrogen-bond acceptors (Lipinski definition) is 0. The first-order chi connectivity index (χ1) is 18.6. The normalized spacial score (nSPS) is 13.7. The molecule has 180 valence electrons. The summed E-state index contributed by atoms with van der Waals surface area (Å²) in [6.45, 7) is 4.76. The van der Waals surface area contributed by atoms with Gasteiger partial charge in [0.1, 0.15) is 0 Å². The highest BCUT2D eigenvalue weighted by Crippen LogP contribution is 2.52. The standard InChI is InChI=1S/C37H27N/c1-37(2)33-17-8-6-14-28(33)30-21-22-31-29-15-7-9-18-34(29)38(36(31)35(30)37)26-20-19-25-13-10-16-27(32(25)23-26)24-11-4-3-5-12-24/h3-23H,1-2H3. The van der Waals surface area contributed by atoms with E-state index in [0.717, 1.165) is 0 Å². The van der Waals surface area contributed by atoms with Crippen molar-refractivity contribution in [3.63, 3.8) is 0 Å². The summed E-state index contributed by atoms with van der Waals surface area (Å²) in [5.41, 5.74) is 11.7. The molecule has 1 heteroatoms. The minimum absolute atomic E-state index is 0.0936. The van der Waals surface area contributed by atoms with Gasteiger partial charge in [0.15, 0.2) is 0 Å². The van der Waals surface area contributed by atoms with Crippen molar-refractivity contribution in [2.24, 2.45) is 0 Å². The zero-order valence-electron chi connectivity index (χ0n) is 21.6. The topological polar surface area (TPSA) is 4.93 Å². The first-order valence-corrected chi connectivity index (χ1v) is 13.4. The van der Waals surface area contributed by atoms with Gasteiger partial charge in [0.25, 0.3) is 0 Å². The van der Waals surface area contributed by atoms with Crippen LogP contribution in [-0.2, 0) is 5.41 Å². The summed E-state index contributed by atoms with van der Waals surface area (Å²) >= 11 is 0. The molecule has 1 aliphatic carbocycles. The second kappa shape index (κ2) is 7.69. The van der Waals surface area contributed by atoms with E-state index in [0.29, 0.717) is 0 Å². The Kier molecular flexibility index (Phi) is 4.35. The molecule has 1 nitrogen and oxygen atoms in total. The quantitative estimate of drug-likeness (QED) is 0.230. The molecule has 0 fully saturated rings. The van der Waals surface area contributed by atoms with Crippen LogP contribution in [0.15, 0.2) is 127 Å². The van der Waals surface area contributed by atoms with Crippen LogP contribution < -0.4 is 0 Å². The van der Waals surface area contributed by atoms with Gasteiger partial charge in [0.05, 0.1) is 11.0 Å². The third kappa shape index (κ3) is 2.82. The Morgan fingerprint density at radius 1 is 0.526 bits per heavy atom. The summed E-state index contributed by atoms with van der Waals surface area (Å²) in [7, 11) is 0. The van der Waals surface area contributed by atoms with E-state index in [9.17, 15) is 0 Å². The molecular weight excluding hydrogens is 458 g/mol. The molecule has 0 unspecified atom stereocenters. The fourth-order valence-corrected chi connectivity index (χ4v) is 6.85. The van der Waals surface area contributed by atoms with Gasteiger partial charge >= 0.3 is 0 Å². The Morgan fingerprint density at radius 2 is 1.29 bits per heavy atom. The van der Waals surface area contributed by atoms with Crippen LogP contribution in [0.2, 0.25) is 0 Å². The monoisotopic (exact) mass is 485 g/mol. The molecular formula is C37H27N. The van der Waals surface area contributed by atoms with Crippen molar-refractivity contribution >= 4 is 32.6 Å². The number of rotatable bonds is 2. The highest BCUT2D eigenvalue weighted by molar-refractivity contribution is 6.13.